The van der Waals surface area contributed by atoms with Gasteiger partial charge in [-0.1, -0.05) is 49.7 Å². The fourth-order valence-electron chi connectivity index (χ4n) is 4.47. The highest BCUT2D eigenvalue weighted by Crippen LogP contribution is 2.37. The van der Waals surface area contributed by atoms with Crippen molar-refractivity contribution in [2.45, 2.75) is 44.6 Å². The van der Waals surface area contributed by atoms with Gasteiger partial charge in [0.1, 0.15) is 12.1 Å². The maximum Gasteiger partial charge on any atom is 0.325 e. The zero-order chi connectivity index (χ0) is 21.8. The molecule has 0 radical (unpaired) electrons. The molecule has 1 saturated carbocycles. The number of amides is 4. The minimum absolute atomic E-state index is 0.284. The number of nitrogens with zero attached hydrogens (tertiary/aromatic N) is 2. The van der Waals surface area contributed by atoms with E-state index in [0.29, 0.717) is 18.8 Å². The van der Waals surface area contributed by atoms with Crippen molar-refractivity contribution in [2.24, 2.45) is 5.92 Å². The van der Waals surface area contributed by atoms with Crippen molar-refractivity contribution < 1.29 is 14.4 Å². The number of anilines is 2. The highest BCUT2D eigenvalue weighted by atomic mass is 16.2. The summed E-state index contributed by atoms with van der Waals surface area (Å²) >= 11 is 0. The van der Waals surface area contributed by atoms with Crippen LogP contribution in [-0.2, 0) is 9.59 Å². The predicted octanol–water partition coefficient (Wildman–Crippen LogP) is 3.75. The number of urea groups is 1. The maximum absolute atomic E-state index is 13.1. The maximum atomic E-state index is 13.1. The zero-order valence-corrected chi connectivity index (χ0v) is 17.7. The van der Waals surface area contributed by atoms with Crippen molar-refractivity contribution in [3.05, 3.63) is 60.7 Å². The molecule has 0 bridgehead atoms. The van der Waals surface area contributed by atoms with E-state index < -0.39 is 17.5 Å². The molecule has 2 N–H and O–H groups in total. The monoisotopic (exact) mass is 420 g/mol. The summed E-state index contributed by atoms with van der Waals surface area (Å²) in [5.74, 6) is -0.123. The third-order valence-electron chi connectivity index (χ3n) is 6.35. The summed E-state index contributed by atoms with van der Waals surface area (Å²) in [5.41, 5.74) is 3.54. The first kappa shape index (κ1) is 20.9. The minimum atomic E-state index is -0.846. The number of rotatable bonds is 6. The van der Waals surface area contributed by atoms with Gasteiger partial charge in [0.15, 0.2) is 0 Å². The molecule has 4 rings (SSSR count). The van der Waals surface area contributed by atoms with Gasteiger partial charge in [-0.15, -0.1) is 0 Å². The normalized spacial score (nSPS) is 23.0. The number of hydrogen-bond acceptors (Lipinski definition) is 4. The molecule has 2 aromatic carbocycles. The Morgan fingerprint density at radius 3 is 2.10 bits per heavy atom. The summed E-state index contributed by atoms with van der Waals surface area (Å²) in [6.45, 7) is 1.83. The van der Waals surface area contributed by atoms with Crippen LogP contribution in [0.3, 0.4) is 0 Å². The number of hydrazine groups is 1. The summed E-state index contributed by atoms with van der Waals surface area (Å²) in [4.78, 5) is 39.6. The van der Waals surface area contributed by atoms with E-state index >= 15 is 0 Å². The average Bonchev–Trinajstić information content (AvgIpc) is 3.03. The van der Waals surface area contributed by atoms with Gasteiger partial charge in [0.25, 0.3) is 11.8 Å². The quantitative estimate of drug-likeness (QED) is 0.551. The smallest absolute Gasteiger partial charge is 0.323 e. The van der Waals surface area contributed by atoms with Crippen molar-refractivity contribution >= 4 is 29.2 Å². The van der Waals surface area contributed by atoms with Crippen molar-refractivity contribution in [2.75, 3.05) is 11.6 Å². The minimum Gasteiger partial charge on any atom is -0.323 e. The van der Waals surface area contributed by atoms with Crippen LogP contribution in [0.5, 0.6) is 0 Å². The number of benzene rings is 2. The zero-order valence-electron chi connectivity index (χ0n) is 17.7. The molecule has 7 heteroatoms. The first-order chi connectivity index (χ1) is 15.0. The van der Waals surface area contributed by atoms with E-state index in [1.807, 2.05) is 60.7 Å². The SMILES string of the molecule is CCC1CCC2(CC1)NC(=O)N(CC(=O)NN(c1ccccc1)c1ccccc1)C2=O. The lowest BCUT2D eigenvalue weighted by Crippen LogP contribution is -2.50. The Morgan fingerprint density at radius 2 is 1.58 bits per heavy atom. The van der Waals surface area contributed by atoms with Crippen molar-refractivity contribution in [1.29, 1.82) is 0 Å². The Kier molecular flexibility index (Phi) is 5.93. The van der Waals surface area contributed by atoms with E-state index in [0.717, 1.165) is 35.5 Å². The fourth-order valence-corrected chi connectivity index (χ4v) is 4.47. The molecule has 1 saturated heterocycles. The van der Waals surface area contributed by atoms with E-state index in [-0.39, 0.29) is 12.5 Å². The Balaban J connectivity index is 1.47. The van der Waals surface area contributed by atoms with Crippen molar-refractivity contribution in [1.82, 2.24) is 15.6 Å². The van der Waals surface area contributed by atoms with Gasteiger partial charge in [-0.25, -0.2) is 4.79 Å². The largest absolute Gasteiger partial charge is 0.325 e. The molecular formula is C24H28N4O3. The molecule has 2 aliphatic rings. The van der Waals surface area contributed by atoms with E-state index in [1.54, 1.807) is 5.01 Å². The molecule has 4 amide bonds. The first-order valence-corrected chi connectivity index (χ1v) is 10.9. The van der Waals surface area contributed by atoms with Gasteiger partial charge in [-0.2, -0.15) is 0 Å². The topological polar surface area (TPSA) is 81.8 Å². The van der Waals surface area contributed by atoms with Crippen LogP contribution in [0.25, 0.3) is 0 Å². The molecule has 1 aliphatic heterocycles. The molecule has 162 valence electrons. The molecule has 1 heterocycles. The molecule has 31 heavy (non-hydrogen) atoms. The van der Waals surface area contributed by atoms with Crippen LogP contribution in [0.4, 0.5) is 16.2 Å². The van der Waals surface area contributed by atoms with Gasteiger partial charge < -0.3 is 5.32 Å². The van der Waals surface area contributed by atoms with Crippen LogP contribution < -0.4 is 15.8 Å². The van der Waals surface area contributed by atoms with Crippen LogP contribution in [0, 0.1) is 5.92 Å². The molecule has 2 aromatic rings. The lowest BCUT2D eigenvalue weighted by molar-refractivity contribution is -0.136. The standard InChI is InChI=1S/C24H28N4O3/c1-2-18-13-15-24(16-14-18)22(30)27(23(31)25-24)17-21(29)26-28(19-9-5-3-6-10-19)20-11-7-4-8-12-20/h3-12,18H,2,13-17H2,1H3,(H,25,31)(H,26,29). The molecule has 1 aliphatic carbocycles. The van der Waals surface area contributed by atoms with E-state index in [2.05, 4.69) is 17.7 Å². The third-order valence-corrected chi connectivity index (χ3v) is 6.35. The predicted molar refractivity (Wildman–Crippen MR) is 118 cm³/mol. The van der Waals surface area contributed by atoms with Crippen LogP contribution in [0.1, 0.15) is 39.0 Å². The second-order valence-corrected chi connectivity index (χ2v) is 8.30. The molecular weight excluding hydrogens is 392 g/mol. The Hall–Kier alpha value is -3.35. The summed E-state index contributed by atoms with van der Waals surface area (Å²) < 4.78 is 0. The number of imide groups is 1. The number of carbonyl (C=O) groups is 3. The van der Waals surface area contributed by atoms with E-state index in [1.165, 1.54) is 0 Å². The van der Waals surface area contributed by atoms with Gasteiger partial charge in [-0.05, 0) is 55.9 Å². The van der Waals surface area contributed by atoms with Crippen molar-refractivity contribution in [3.8, 4) is 0 Å². The van der Waals surface area contributed by atoms with Gasteiger partial charge in [0.05, 0.1) is 11.4 Å². The second kappa shape index (κ2) is 8.79. The molecule has 0 unspecified atom stereocenters. The van der Waals surface area contributed by atoms with Gasteiger partial charge in [0.2, 0.25) is 0 Å². The van der Waals surface area contributed by atoms with E-state index in [9.17, 15) is 14.4 Å². The summed E-state index contributed by atoms with van der Waals surface area (Å²) in [6.07, 6.45) is 4.18. The number of nitrogens with one attached hydrogen (secondary N) is 2. The lowest BCUT2D eigenvalue weighted by atomic mass is 9.75. The Labute approximate surface area is 182 Å². The summed E-state index contributed by atoms with van der Waals surface area (Å²) in [7, 11) is 0. The van der Waals surface area contributed by atoms with Crippen LogP contribution >= 0.6 is 0 Å². The van der Waals surface area contributed by atoms with Crippen LogP contribution in [0.15, 0.2) is 60.7 Å². The summed E-state index contributed by atoms with van der Waals surface area (Å²) in [5, 5.41) is 4.54. The number of carbonyl (C=O) groups excluding carboxylic acids is 3. The first-order valence-electron chi connectivity index (χ1n) is 10.9. The molecule has 7 nitrogen and oxygen atoms in total. The van der Waals surface area contributed by atoms with E-state index in [4.69, 9.17) is 0 Å². The number of hydrogen-bond donors (Lipinski definition) is 2. The Morgan fingerprint density at radius 1 is 1.03 bits per heavy atom. The van der Waals surface area contributed by atoms with Gasteiger partial charge in [-0.3, -0.25) is 24.9 Å². The highest BCUT2D eigenvalue weighted by molar-refractivity contribution is 6.09. The Bertz CT molecular complexity index is 900. The summed E-state index contributed by atoms with van der Waals surface area (Å²) in [6, 6.07) is 18.3. The molecule has 1 spiro atoms. The third kappa shape index (κ3) is 4.26. The van der Waals surface area contributed by atoms with Crippen molar-refractivity contribution in [3.63, 3.8) is 0 Å². The average molecular weight is 421 g/mol. The molecule has 0 aromatic heterocycles. The second-order valence-electron chi connectivity index (χ2n) is 8.30. The molecule has 0 atom stereocenters. The van der Waals surface area contributed by atoms with Gasteiger partial charge in [0, 0.05) is 0 Å². The molecule has 2 fully saturated rings. The fraction of sp³-hybridized carbons (Fsp3) is 0.375. The highest BCUT2D eigenvalue weighted by Gasteiger charge is 2.52. The van der Waals surface area contributed by atoms with Crippen LogP contribution in [0.2, 0.25) is 0 Å². The number of para-hydroxylation sites is 2. The lowest BCUT2D eigenvalue weighted by Gasteiger charge is -2.34. The van der Waals surface area contributed by atoms with Gasteiger partial charge >= 0.3 is 6.03 Å². The van der Waals surface area contributed by atoms with Crippen LogP contribution in [-0.4, -0.2) is 34.8 Å².